The molecule has 0 saturated carbocycles. The lowest BCUT2D eigenvalue weighted by atomic mass is 10.1. The van der Waals surface area contributed by atoms with Crippen molar-refractivity contribution in [3.8, 4) is 0 Å². The van der Waals surface area contributed by atoms with Gasteiger partial charge in [-0.2, -0.15) is 0 Å². The zero-order chi connectivity index (χ0) is 45.0. The molecule has 0 aliphatic carbocycles. The smallest absolute Gasteiger partial charge is 0.306 e. The molecule has 0 amide bonds. The van der Waals surface area contributed by atoms with Gasteiger partial charge in [0.25, 0.3) is 7.82 Å². The fourth-order valence-electron chi connectivity index (χ4n) is 5.30. The zero-order valence-electron chi connectivity index (χ0n) is 38.3. The Morgan fingerprint density at radius 3 is 1.44 bits per heavy atom. The number of unbranched alkanes of at least 4 members (excludes halogenated alkanes) is 7. The Balaban J connectivity index is 4.52. The van der Waals surface area contributed by atoms with E-state index in [-0.39, 0.29) is 32.7 Å². The summed E-state index contributed by atoms with van der Waals surface area (Å²) in [5, 5.41) is 8.80. The van der Waals surface area contributed by atoms with E-state index in [0.29, 0.717) is 30.3 Å². The molecule has 0 rings (SSSR count). The third-order valence-corrected chi connectivity index (χ3v) is 9.80. The van der Waals surface area contributed by atoms with Crippen molar-refractivity contribution in [3.63, 3.8) is 0 Å². The molecule has 346 valence electrons. The van der Waals surface area contributed by atoms with Gasteiger partial charge >= 0.3 is 11.9 Å². The monoisotopic (exact) mass is 872 g/mol. The lowest BCUT2D eigenvalue weighted by molar-refractivity contribution is -0.870. The van der Waals surface area contributed by atoms with Crippen LogP contribution in [0.4, 0.5) is 0 Å². The zero-order valence-corrected chi connectivity index (χ0v) is 39.1. The maximum Gasteiger partial charge on any atom is 0.306 e. The second-order valence-electron chi connectivity index (χ2n) is 15.8. The van der Waals surface area contributed by atoms with Gasteiger partial charge in [0.1, 0.15) is 19.8 Å². The number of ether oxygens (including phenoxy) is 2. The number of aliphatic hydroxyl groups is 1. The van der Waals surface area contributed by atoms with Crippen molar-refractivity contribution in [1.29, 1.82) is 0 Å². The average molecular weight is 872 g/mol. The standard InChI is InChI=1S/C50H82NO9P/c1-5-6-7-8-9-10-11-12-13-14-15-17-21-24-27-30-33-36-39-42-50(54)60-48(47-59-61(55,56)58-45-43-51(2,3)4)46-57-49(53)41-38-35-32-29-26-23-20-18-16-19-22-25-28-31-34-37-40-44-52/h6-7,9-10,12-13,15-17,19-20,23-25,27-29,32,48,52H,5,8,11,14,18,21-22,26,30-31,33-47H2,1-4H3/b7-6-,10-9-,13-12-,17-15-,19-16-,23-20-,27-24-,28-25-,32-29-/t48-/m1/s1. The molecule has 0 saturated heterocycles. The molecule has 0 aromatic rings. The minimum atomic E-state index is -4.66. The van der Waals surface area contributed by atoms with E-state index in [9.17, 15) is 19.0 Å². The summed E-state index contributed by atoms with van der Waals surface area (Å²) >= 11 is 0. The summed E-state index contributed by atoms with van der Waals surface area (Å²) in [6, 6.07) is 0. The van der Waals surface area contributed by atoms with Gasteiger partial charge in [-0.15, -0.1) is 0 Å². The summed E-state index contributed by atoms with van der Waals surface area (Å²) in [4.78, 5) is 37.6. The summed E-state index contributed by atoms with van der Waals surface area (Å²) < 4.78 is 33.8. The number of carbonyl (C=O) groups excluding carboxylic acids is 2. The van der Waals surface area contributed by atoms with Crippen molar-refractivity contribution in [2.75, 3.05) is 54.1 Å². The number of hydrogen-bond donors (Lipinski definition) is 1. The molecule has 61 heavy (non-hydrogen) atoms. The molecule has 0 fully saturated rings. The number of hydrogen-bond acceptors (Lipinski definition) is 9. The van der Waals surface area contributed by atoms with Crippen LogP contribution < -0.4 is 4.89 Å². The van der Waals surface area contributed by atoms with Crippen LogP contribution in [-0.2, 0) is 32.7 Å². The van der Waals surface area contributed by atoms with Crippen molar-refractivity contribution >= 4 is 19.8 Å². The summed E-state index contributed by atoms with van der Waals surface area (Å²) in [5.41, 5.74) is 0. The molecule has 0 aliphatic heterocycles. The lowest BCUT2D eigenvalue weighted by Crippen LogP contribution is -2.37. The summed E-state index contributed by atoms with van der Waals surface area (Å²) in [7, 11) is 1.07. The minimum absolute atomic E-state index is 0.0575. The van der Waals surface area contributed by atoms with Gasteiger partial charge in [0.05, 0.1) is 27.7 Å². The van der Waals surface area contributed by atoms with Crippen molar-refractivity contribution in [3.05, 3.63) is 109 Å². The SMILES string of the molecule is CC/C=C\C/C=C\C/C=C\C/C=C\C/C=C\CCCCCC(=O)O[C@H](COC(=O)CCC/C=C\C/C=C\C/C=C\C/C=C\CCCCCO)COP(=O)([O-])OCC[N+](C)(C)C. The first kappa shape index (κ1) is 57.6. The maximum atomic E-state index is 12.7. The molecular weight excluding hydrogens is 790 g/mol. The van der Waals surface area contributed by atoms with Gasteiger partial charge in [0.15, 0.2) is 6.10 Å². The number of likely N-dealkylation sites (N-methyl/N-ethyl adjacent to an activating group) is 1. The van der Waals surface area contributed by atoms with E-state index in [4.69, 9.17) is 23.6 Å². The highest BCUT2D eigenvalue weighted by atomic mass is 31.2. The van der Waals surface area contributed by atoms with E-state index in [1.54, 1.807) is 0 Å². The fourth-order valence-corrected chi connectivity index (χ4v) is 6.03. The maximum absolute atomic E-state index is 12.7. The second kappa shape index (κ2) is 42.0. The van der Waals surface area contributed by atoms with Gasteiger partial charge in [-0.25, -0.2) is 0 Å². The van der Waals surface area contributed by atoms with Gasteiger partial charge in [-0.05, 0) is 103 Å². The van der Waals surface area contributed by atoms with Crippen LogP contribution >= 0.6 is 7.82 Å². The number of aliphatic hydroxyl groups excluding tert-OH is 1. The number of allylic oxidation sites excluding steroid dienone is 18. The number of quaternary nitrogens is 1. The van der Waals surface area contributed by atoms with Gasteiger partial charge in [0, 0.05) is 19.4 Å². The van der Waals surface area contributed by atoms with E-state index in [0.717, 1.165) is 96.3 Å². The predicted molar refractivity (Wildman–Crippen MR) is 251 cm³/mol. The summed E-state index contributed by atoms with van der Waals surface area (Å²) in [5.74, 6) is -0.965. The number of carbonyl (C=O) groups is 2. The highest BCUT2D eigenvalue weighted by molar-refractivity contribution is 7.45. The van der Waals surface area contributed by atoms with E-state index < -0.39 is 32.5 Å². The van der Waals surface area contributed by atoms with Crippen LogP contribution in [-0.4, -0.2) is 81.7 Å². The summed E-state index contributed by atoms with van der Waals surface area (Å²) in [6.45, 7) is 1.98. The van der Waals surface area contributed by atoms with Crippen molar-refractivity contribution < 1.29 is 47.2 Å². The normalized spacial score (nSPS) is 14.5. The van der Waals surface area contributed by atoms with E-state index >= 15 is 0 Å². The molecule has 1 N–H and O–H groups in total. The van der Waals surface area contributed by atoms with Crippen LogP contribution in [0.5, 0.6) is 0 Å². The lowest BCUT2D eigenvalue weighted by Gasteiger charge is -2.28. The van der Waals surface area contributed by atoms with Crippen LogP contribution in [0.3, 0.4) is 0 Å². The second-order valence-corrected chi connectivity index (χ2v) is 17.2. The fraction of sp³-hybridized carbons (Fsp3) is 0.600. The van der Waals surface area contributed by atoms with Gasteiger partial charge in [-0.1, -0.05) is 129 Å². The topological polar surface area (TPSA) is 131 Å². The number of phosphoric ester groups is 1. The van der Waals surface area contributed by atoms with E-state index in [1.807, 2.05) is 27.2 Å². The molecule has 2 atom stereocenters. The number of phosphoric acid groups is 1. The Bertz CT molecular complexity index is 1400. The van der Waals surface area contributed by atoms with E-state index in [2.05, 4.69) is 110 Å². The Morgan fingerprint density at radius 2 is 0.984 bits per heavy atom. The third kappa shape index (κ3) is 46.0. The molecule has 0 spiro atoms. The van der Waals surface area contributed by atoms with Crippen molar-refractivity contribution in [2.45, 2.75) is 141 Å². The molecule has 0 aliphatic rings. The molecule has 0 aromatic carbocycles. The number of nitrogens with zero attached hydrogens (tertiary/aromatic N) is 1. The molecule has 0 radical (unpaired) electrons. The first-order valence-electron chi connectivity index (χ1n) is 22.7. The quantitative estimate of drug-likeness (QED) is 0.0210. The molecular formula is C50H82NO9P. The van der Waals surface area contributed by atoms with Gasteiger partial charge < -0.3 is 33.0 Å². The van der Waals surface area contributed by atoms with Crippen LogP contribution in [0.25, 0.3) is 0 Å². The average Bonchev–Trinajstić information content (AvgIpc) is 3.21. The Morgan fingerprint density at radius 1 is 0.557 bits per heavy atom. The Hall–Kier alpha value is -3.37. The van der Waals surface area contributed by atoms with Crippen LogP contribution in [0, 0.1) is 0 Å². The van der Waals surface area contributed by atoms with Crippen molar-refractivity contribution in [1.82, 2.24) is 0 Å². The Labute approximate surface area is 370 Å². The Kier molecular flexibility index (Phi) is 39.6. The van der Waals surface area contributed by atoms with Gasteiger partial charge in [0.2, 0.25) is 0 Å². The number of rotatable bonds is 40. The first-order chi connectivity index (χ1) is 29.5. The molecule has 0 bridgehead atoms. The first-order valence-corrected chi connectivity index (χ1v) is 24.2. The highest BCUT2D eigenvalue weighted by Gasteiger charge is 2.21. The van der Waals surface area contributed by atoms with Crippen LogP contribution in [0.1, 0.15) is 135 Å². The molecule has 0 heterocycles. The van der Waals surface area contributed by atoms with Crippen LogP contribution in [0.15, 0.2) is 109 Å². The van der Waals surface area contributed by atoms with Crippen molar-refractivity contribution in [2.24, 2.45) is 0 Å². The predicted octanol–water partition coefficient (Wildman–Crippen LogP) is 11.5. The molecule has 0 aromatic heterocycles. The largest absolute Gasteiger partial charge is 0.756 e. The molecule has 1 unspecified atom stereocenters. The minimum Gasteiger partial charge on any atom is -0.756 e. The van der Waals surface area contributed by atoms with Gasteiger partial charge in [-0.3, -0.25) is 14.2 Å². The number of esters is 2. The molecule has 11 heteroatoms. The van der Waals surface area contributed by atoms with E-state index in [1.165, 1.54) is 0 Å². The third-order valence-electron chi connectivity index (χ3n) is 8.83. The summed E-state index contributed by atoms with van der Waals surface area (Å²) in [6.07, 6.45) is 54.2. The molecule has 10 nitrogen and oxygen atoms in total. The highest BCUT2D eigenvalue weighted by Crippen LogP contribution is 2.38. The van der Waals surface area contributed by atoms with Crippen LogP contribution in [0.2, 0.25) is 0 Å².